The fraction of sp³-hybridized carbons (Fsp3) is 0.643. The van der Waals surface area contributed by atoms with Gasteiger partial charge in [0.25, 0.3) is 0 Å². The molecule has 2 N–H and O–H groups in total. The Morgan fingerprint density at radius 1 is 1.10 bits per heavy atom. The van der Waals surface area contributed by atoms with Crippen molar-refractivity contribution in [3.8, 4) is 0 Å². The van der Waals surface area contributed by atoms with Crippen LogP contribution in [0.1, 0.15) is 25.7 Å². The quantitative estimate of drug-likeness (QED) is 0.901. The van der Waals surface area contributed by atoms with E-state index in [0.717, 1.165) is 38.7 Å². The molecule has 2 fully saturated rings. The van der Waals surface area contributed by atoms with E-state index in [0.29, 0.717) is 6.04 Å². The summed E-state index contributed by atoms with van der Waals surface area (Å²) in [6.07, 6.45) is 4.79. The Bertz CT molecular complexity index is 488. The van der Waals surface area contributed by atoms with E-state index in [2.05, 4.69) is 9.88 Å². The minimum Gasteiger partial charge on any atom is -0.381 e. The van der Waals surface area contributed by atoms with Gasteiger partial charge in [0.2, 0.25) is 0 Å². The Balaban J connectivity index is 1.72. The summed E-state index contributed by atoms with van der Waals surface area (Å²) in [4.78, 5) is 8.23. The van der Waals surface area contributed by atoms with Crippen LogP contribution in [0.4, 0.5) is 20.4 Å². The Hall–Kier alpha value is -1.43. The lowest BCUT2D eigenvalue weighted by Crippen LogP contribution is -2.41. The van der Waals surface area contributed by atoms with Crippen molar-refractivity contribution in [1.82, 2.24) is 9.88 Å². The van der Waals surface area contributed by atoms with Gasteiger partial charge in [-0.3, -0.25) is 4.90 Å². The SMILES string of the molecule is Nc1nc(N2CCC(N3CCCCC3)C2)c(F)cc1F. The molecule has 0 radical (unpaired) electrons. The third-order valence-corrected chi connectivity index (χ3v) is 4.31. The minimum atomic E-state index is -0.793. The van der Waals surface area contributed by atoms with Gasteiger partial charge in [-0.05, 0) is 32.4 Å². The van der Waals surface area contributed by atoms with Gasteiger partial charge in [-0.2, -0.15) is 0 Å². The molecule has 2 aliphatic rings. The van der Waals surface area contributed by atoms with Gasteiger partial charge in [0, 0.05) is 25.2 Å². The molecule has 110 valence electrons. The van der Waals surface area contributed by atoms with Gasteiger partial charge < -0.3 is 10.6 Å². The number of nitrogens with two attached hydrogens (primary N) is 1. The first kappa shape index (κ1) is 13.5. The van der Waals surface area contributed by atoms with E-state index in [1.807, 2.05) is 4.90 Å². The van der Waals surface area contributed by atoms with E-state index >= 15 is 0 Å². The van der Waals surface area contributed by atoms with Gasteiger partial charge in [-0.15, -0.1) is 0 Å². The molecule has 6 heteroatoms. The van der Waals surface area contributed by atoms with E-state index in [1.54, 1.807) is 0 Å². The topological polar surface area (TPSA) is 45.4 Å². The zero-order chi connectivity index (χ0) is 14.1. The summed E-state index contributed by atoms with van der Waals surface area (Å²) >= 11 is 0. The summed E-state index contributed by atoms with van der Waals surface area (Å²) in [5, 5.41) is 0. The molecule has 0 aliphatic carbocycles. The predicted molar refractivity (Wildman–Crippen MR) is 74.6 cm³/mol. The highest BCUT2D eigenvalue weighted by Crippen LogP contribution is 2.27. The molecule has 0 spiro atoms. The number of rotatable bonds is 2. The average molecular weight is 282 g/mol. The third-order valence-electron chi connectivity index (χ3n) is 4.31. The smallest absolute Gasteiger partial charge is 0.168 e. The zero-order valence-corrected chi connectivity index (χ0v) is 11.5. The number of nitrogens with zero attached hydrogens (tertiary/aromatic N) is 3. The highest BCUT2D eigenvalue weighted by molar-refractivity contribution is 5.48. The molecule has 4 nitrogen and oxygen atoms in total. The average Bonchev–Trinajstić information content (AvgIpc) is 2.93. The molecular formula is C14H20F2N4. The molecule has 1 aromatic heterocycles. The number of hydrogen-bond donors (Lipinski definition) is 1. The summed E-state index contributed by atoms with van der Waals surface area (Å²) in [5.41, 5.74) is 5.44. The maximum absolute atomic E-state index is 13.8. The second-order valence-electron chi connectivity index (χ2n) is 5.65. The number of hydrogen-bond acceptors (Lipinski definition) is 4. The summed E-state index contributed by atoms with van der Waals surface area (Å²) in [6.45, 7) is 3.74. The van der Waals surface area contributed by atoms with Crippen LogP contribution in [0.15, 0.2) is 6.07 Å². The van der Waals surface area contributed by atoms with Crippen LogP contribution in [-0.4, -0.2) is 42.1 Å². The largest absolute Gasteiger partial charge is 0.381 e. The Morgan fingerprint density at radius 2 is 1.85 bits per heavy atom. The molecule has 1 atom stereocenters. The van der Waals surface area contributed by atoms with Crippen molar-refractivity contribution in [3.63, 3.8) is 0 Å². The van der Waals surface area contributed by atoms with Gasteiger partial charge >= 0.3 is 0 Å². The highest BCUT2D eigenvalue weighted by Gasteiger charge is 2.30. The lowest BCUT2D eigenvalue weighted by atomic mass is 10.1. The van der Waals surface area contributed by atoms with Gasteiger partial charge in [0.15, 0.2) is 23.3 Å². The van der Waals surface area contributed by atoms with Crippen LogP contribution in [0.3, 0.4) is 0 Å². The first-order chi connectivity index (χ1) is 9.65. The molecule has 0 saturated carbocycles. The number of piperidine rings is 1. The molecule has 0 amide bonds. The van der Waals surface area contributed by atoms with Crippen LogP contribution < -0.4 is 10.6 Å². The standard InChI is InChI=1S/C14H20F2N4/c15-11-8-12(16)14(18-13(11)17)20-7-4-10(9-20)19-5-2-1-3-6-19/h8,10H,1-7,9H2,(H2,17,18). The minimum absolute atomic E-state index is 0.184. The molecular weight excluding hydrogens is 262 g/mol. The first-order valence-corrected chi connectivity index (χ1v) is 7.25. The van der Waals surface area contributed by atoms with E-state index in [9.17, 15) is 8.78 Å². The number of likely N-dealkylation sites (tertiary alicyclic amines) is 1. The Morgan fingerprint density at radius 3 is 2.60 bits per heavy atom. The van der Waals surface area contributed by atoms with Crippen LogP contribution in [0.25, 0.3) is 0 Å². The van der Waals surface area contributed by atoms with Crippen LogP contribution in [-0.2, 0) is 0 Å². The van der Waals surface area contributed by atoms with Crippen LogP contribution >= 0.6 is 0 Å². The third kappa shape index (κ3) is 2.57. The molecule has 2 aliphatic heterocycles. The summed E-state index contributed by atoms with van der Waals surface area (Å²) in [7, 11) is 0. The molecule has 3 heterocycles. The summed E-state index contributed by atoms with van der Waals surface area (Å²) in [5.74, 6) is -1.47. The van der Waals surface area contributed by atoms with Crippen molar-refractivity contribution in [2.75, 3.05) is 36.8 Å². The normalized spacial score (nSPS) is 24.3. The first-order valence-electron chi connectivity index (χ1n) is 7.25. The second-order valence-corrected chi connectivity index (χ2v) is 5.65. The molecule has 3 rings (SSSR count). The predicted octanol–water partition coefficient (Wildman–Crippen LogP) is 2.01. The second kappa shape index (κ2) is 5.52. The molecule has 0 aromatic carbocycles. The summed E-state index contributed by atoms with van der Waals surface area (Å²) < 4.78 is 27.0. The van der Waals surface area contributed by atoms with E-state index in [-0.39, 0.29) is 11.6 Å². The van der Waals surface area contributed by atoms with Crippen molar-refractivity contribution < 1.29 is 8.78 Å². The van der Waals surface area contributed by atoms with Crippen LogP contribution in [0.5, 0.6) is 0 Å². The van der Waals surface area contributed by atoms with Crippen molar-refractivity contribution in [3.05, 3.63) is 17.7 Å². The van der Waals surface area contributed by atoms with E-state index in [4.69, 9.17) is 5.73 Å². The van der Waals surface area contributed by atoms with Crippen LogP contribution in [0, 0.1) is 11.6 Å². The van der Waals surface area contributed by atoms with Crippen molar-refractivity contribution >= 4 is 11.6 Å². The highest BCUT2D eigenvalue weighted by atomic mass is 19.1. The lowest BCUT2D eigenvalue weighted by Gasteiger charge is -2.32. The molecule has 2 saturated heterocycles. The van der Waals surface area contributed by atoms with Gasteiger partial charge in [-0.1, -0.05) is 6.42 Å². The lowest BCUT2D eigenvalue weighted by molar-refractivity contribution is 0.174. The Labute approximate surface area is 117 Å². The molecule has 1 aromatic rings. The number of halogens is 2. The molecule has 20 heavy (non-hydrogen) atoms. The zero-order valence-electron chi connectivity index (χ0n) is 11.5. The van der Waals surface area contributed by atoms with Crippen molar-refractivity contribution in [1.29, 1.82) is 0 Å². The number of anilines is 2. The Kier molecular flexibility index (Phi) is 3.74. The molecule has 0 bridgehead atoms. The van der Waals surface area contributed by atoms with Gasteiger partial charge in [0.1, 0.15) is 0 Å². The van der Waals surface area contributed by atoms with Crippen LogP contribution in [0.2, 0.25) is 0 Å². The van der Waals surface area contributed by atoms with Gasteiger partial charge in [0.05, 0.1) is 0 Å². The number of aromatic nitrogens is 1. The molecule has 1 unspecified atom stereocenters. The van der Waals surface area contributed by atoms with Crippen molar-refractivity contribution in [2.45, 2.75) is 31.7 Å². The number of pyridine rings is 1. The monoisotopic (exact) mass is 282 g/mol. The van der Waals surface area contributed by atoms with Crippen molar-refractivity contribution in [2.24, 2.45) is 0 Å². The fourth-order valence-electron chi connectivity index (χ4n) is 3.21. The van der Waals surface area contributed by atoms with E-state index < -0.39 is 11.6 Å². The summed E-state index contributed by atoms with van der Waals surface area (Å²) in [6, 6.07) is 1.27. The fourth-order valence-corrected chi connectivity index (χ4v) is 3.21. The van der Waals surface area contributed by atoms with E-state index in [1.165, 1.54) is 19.3 Å². The van der Waals surface area contributed by atoms with Gasteiger partial charge in [-0.25, -0.2) is 13.8 Å². The maximum atomic E-state index is 13.8. The maximum Gasteiger partial charge on any atom is 0.168 e. The number of nitrogen functional groups attached to an aromatic ring is 1.